The number of hydrogen-bond donors (Lipinski definition) is 0. The van der Waals surface area contributed by atoms with Crippen molar-refractivity contribution in [3.8, 4) is 0 Å². The number of carbonyl (C=O) groups excluding carboxylic acids is 1. The summed E-state index contributed by atoms with van der Waals surface area (Å²) >= 11 is 0. The zero-order valence-electron chi connectivity index (χ0n) is 14.8. The first-order valence-corrected chi connectivity index (χ1v) is 10.3. The number of likely N-dealkylation sites (tertiary alicyclic amines) is 1. The van der Waals surface area contributed by atoms with Gasteiger partial charge in [0, 0.05) is 39.8 Å². The standard InChI is InChI=1S/C15H32N2O4Si/c1-6-19-22(20-7-2,21-8-3)13-17-11-9-14(10-12-17)15(18)16(4)5/h14H,6-13H2,1-5H3. The summed E-state index contributed by atoms with van der Waals surface area (Å²) < 4.78 is 17.7. The smallest absolute Gasteiger partial charge is 0.373 e. The lowest BCUT2D eigenvalue weighted by molar-refractivity contribution is -0.134. The summed E-state index contributed by atoms with van der Waals surface area (Å²) in [5, 5.41) is 0. The number of hydrogen-bond acceptors (Lipinski definition) is 5. The van der Waals surface area contributed by atoms with Crippen molar-refractivity contribution in [1.29, 1.82) is 0 Å². The molecule has 6 nitrogen and oxygen atoms in total. The monoisotopic (exact) mass is 332 g/mol. The van der Waals surface area contributed by atoms with Gasteiger partial charge in [-0.15, -0.1) is 0 Å². The Kier molecular flexibility index (Phi) is 8.56. The molecule has 1 heterocycles. The highest BCUT2D eigenvalue weighted by atomic mass is 28.4. The highest BCUT2D eigenvalue weighted by Gasteiger charge is 2.43. The number of amides is 1. The van der Waals surface area contributed by atoms with Gasteiger partial charge < -0.3 is 18.2 Å². The van der Waals surface area contributed by atoms with Crippen LogP contribution < -0.4 is 0 Å². The molecule has 0 atom stereocenters. The molecule has 0 bridgehead atoms. The quantitative estimate of drug-likeness (QED) is 0.597. The molecule has 0 radical (unpaired) electrons. The third-order valence-electron chi connectivity index (χ3n) is 3.89. The molecule has 1 amide bonds. The van der Waals surface area contributed by atoms with E-state index in [0.29, 0.717) is 26.0 Å². The van der Waals surface area contributed by atoms with Crippen LogP contribution in [0.15, 0.2) is 0 Å². The number of nitrogens with zero attached hydrogens (tertiary/aromatic N) is 2. The van der Waals surface area contributed by atoms with E-state index in [2.05, 4.69) is 4.90 Å². The molecule has 1 aliphatic heterocycles. The summed E-state index contributed by atoms with van der Waals surface area (Å²) in [6.45, 7) is 9.51. The summed E-state index contributed by atoms with van der Waals surface area (Å²) in [5.41, 5.74) is 0. The van der Waals surface area contributed by atoms with Crippen molar-refractivity contribution < 1.29 is 18.1 Å². The van der Waals surface area contributed by atoms with Gasteiger partial charge in [0.15, 0.2) is 0 Å². The fourth-order valence-electron chi connectivity index (χ4n) is 2.90. The first-order valence-electron chi connectivity index (χ1n) is 8.33. The van der Waals surface area contributed by atoms with E-state index in [1.54, 1.807) is 4.90 Å². The average Bonchev–Trinajstić information content (AvgIpc) is 2.48. The Morgan fingerprint density at radius 3 is 1.86 bits per heavy atom. The highest BCUT2D eigenvalue weighted by molar-refractivity contribution is 6.60. The molecule has 0 aliphatic carbocycles. The molecule has 0 N–H and O–H groups in total. The van der Waals surface area contributed by atoms with Crippen molar-refractivity contribution in [3.05, 3.63) is 0 Å². The molecular weight excluding hydrogens is 300 g/mol. The summed E-state index contributed by atoms with van der Waals surface area (Å²) in [6, 6.07) is 0. The molecule has 1 aliphatic rings. The molecular formula is C15H32N2O4Si. The summed E-state index contributed by atoms with van der Waals surface area (Å²) in [6.07, 6.45) is 2.50. The fourth-order valence-corrected chi connectivity index (χ4v) is 5.61. The van der Waals surface area contributed by atoms with Crippen LogP contribution in [-0.4, -0.2) is 77.7 Å². The fraction of sp³-hybridized carbons (Fsp3) is 0.933. The molecule has 0 aromatic rings. The molecule has 0 spiro atoms. The van der Waals surface area contributed by atoms with Crippen LogP contribution in [0.2, 0.25) is 0 Å². The molecule has 0 aromatic carbocycles. The third kappa shape index (κ3) is 5.62. The van der Waals surface area contributed by atoms with Gasteiger partial charge >= 0.3 is 8.80 Å². The Hall–Kier alpha value is -0.473. The van der Waals surface area contributed by atoms with E-state index in [4.69, 9.17) is 13.3 Å². The van der Waals surface area contributed by atoms with Gasteiger partial charge in [0.25, 0.3) is 0 Å². The van der Waals surface area contributed by atoms with Crippen LogP contribution in [0.5, 0.6) is 0 Å². The van der Waals surface area contributed by atoms with E-state index in [0.717, 1.165) is 25.9 Å². The van der Waals surface area contributed by atoms with E-state index < -0.39 is 8.80 Å². The summed E-state index contributed by atoms with van der Waals surface area (Å²) in [5.74, 6) is 0.385. The first kappa shape index (κ1) is 19.6. The van der Waals surface area contributed by atoms with Gasteiger partial charge in [0.2, 0.25) is 5.91 Å². The molecule has 130 valence electrons. The van der Waals surface area contributed by atoms with Crippen molar-refractivity contribution in [2.24, 2.45) is 5.92 Å². The van der Waals surface area contributed by atoms with Crippen molar-refractivity contribution in [2.45, 2.75) is 33.6 Å². The second-order valence-electron chi connectivity index (χ2n) is 5.77. The van der Waals surface area contributed by atoms with Crippen LogP contribution in [0.4, 0.5) is 0 Å². The lowest BCUT2D eigenvalue weighted by Gasteiger charge is -2.37. The molecule has 22 heavy (non-hydrogen) atoms. The Balaban J connectivity index is 2.59. The van der Waals surface area contributed by atoms with Gasteiger partial charge in [-0.3, -0.25) is 9.69 Å². The predicted molar refractivity (Wildman–Crippen MR) is 88.5 cm³/mol. The normalized spacial score (nSPS) is 17.7. The third-order valence-corrected chi connectivity index (χ3v) is 6.91. The summed E-state index contributed by atoms with van der Waals surface area (Å²) in [4.78, 5) is 16.1. The molecule has 1 fully saturated rings. The SMILES string of the molecule is CCO[Si](CN1CCC(C(=O)N(C)C)CC1)(OCC)OCC. The molecule has 1 rings (SSSR count). The number of carbonyl (C=O) groups is 1. The second kappa shape index (κ2) is 9.62. The van der Waals surface area contributed by atoms with Gasteiger partial charge in [0.1, 0.15) is 0 Å². The van der Waals surface area contributed by atoms with Crippen molar-refractivity contribution >= 4 is 14.7 Å². The van der Waals surface area contributed by atoms with E-state index in [1.807, 2.05) is 34.9 Å². The summed E-state index contributed by atoms with van der Waals surface area (Å²) in [7, 11) is 1.03. The molecule has 1 saturated heterocycles. The Labute approximate surface area is 136 Å². The lowest BCUT2D eigenvalue weighted by atomic mass is 9.96. The molecule has 0 saturated carbocycles. The van der Waals surface area contributed by atoms with Crippen LogP contribution >= 0.6 is 0 Å². The van der Waals surface area contributed by atoms with E-state index in [-0.39, 0.29) is 11.8 Å². The van der Waals surface area contributed by atoms with Crippen LogP contribution in [0.25, 0.3) is 0 Å². The maximum absolute atomic E-state index is 12.0. The molecule has 0 aromatic heterocycles. The van der Waals surface area contributed by atoms with Gasteiger partial charge in [-0.05, 0) is 46.7 Å². The van der Waals surface area contributed by atoms with Gasteiger partial charge in [0.05, 0.1) is 6.17 Å². The zero-order chi connectivity index (χ0) is 16.6. The zero-order valence-corrected chi connectivity index (χ0v) is 15.8. The predicted octanol–water partition coefficient (Wildman–Crippen LogP) is 1.37. The highest BCUT2D eigenvalue weighted by Crippen LogP contribution is 2.21. The largest absolute Gasteiger partial charge is 0.515 e. The van der Waals surface area contributed by atoms with Crippen LogP contribution in [0, 0.1) is 5.92 Å². The van der Waals surface area contributed by atoms with E-state index in [1.165, 1.54) is 0 Å². The number of piperidine rings is 1. The molecule has 7 heteroatoms. The Morgan fingerprint density at radius 1 is 1.05 bits per heavy atom. The maximum atomic E-state index is 12.0. The van der Waals surface area contributed by atoms with Crippen molar-refractivity contribution in [3.63, 3.8) is 0 Å². The van der Waals surface area contributed by atoms with E-state index >= 15 is 0 Å². The van der Waals surface area contributed by atoms with Gasteiger partial charge in [-0.25, -0.2) is 0 Å². The number of rotatable bonds is 9. The van der Waals surface area contributed by atoms with Crippen LogP contribution in [-0.2, 0) is 18.1 Å². The van der Waals surface area contributed by atoms with Gasteiger partial charge in [-0.1, -0.05) is 0 Å². The van der Waals surface area contributed by atoms with Crippen LogP contribution in [0.3, 0.4) is 0 Å². The Bertz CT molecular complexity index is 316. The minimum absolute atomic E-state index is 0.147. The topological polar surface area (TPSA) is 51.2 Å². The maximum Gasteiger partial charge on any atom is 0.515 e. The van der Waals surface area contributed by atoms with Gasteiger partial charge in [-0.2, -0.15) is 0 Å². The van der Waals surface area contributed by atoms with E-state index in [9.17, 15) is 4.79 Å². The minimum Gasteiger partial charge on any atom is -0.373 e. The Morgan fingerprint density at radius 2 is 1.50 bits per heavy atom. The average molecular weight is 333 g/mol. The van der Waals surface area contributed by atoms with Crippen LogP contribution in [0.1, 0.15) is 33.6 Å². The van der Waals surface area contributed by atoms with Crippen molar-refractivity contribution in [1.82, 2.24) is 9.80 Å². The minimum atomic E-state index is -2.62. The molecule has 0 unspecified atom stereocenters. The van der Waals surface area contributed by atoms with Crippen molar-refractivity contribution in [2.75, 3.05) is 53.2 Å². The first-order chi connectivity index (χ1) is 10.5. The lowest BCUT2D eigenvalue weighted by Crippen LogP contribution is -2.57. The second-order valence-corrected chi connectivity index (χ2v) is 8.31.